The molecule has 6 aromatic rings. The van der Waals surface area contributed by atoms with Crippen LogP contribution in [0.5, 0.6) is 0 Å². The Labute approximate surface area is 358 Å². The zero-order valence-electron chi connectivity index (χ0n) is 30.6. The quantitative estimate of drug-likeness (QED) is 0.0908. The molecule has 0 heterocycles. The summed E-state index contributed by atoms with van der Waals surface area (Å²) in [5.74, 6) is -0.0341. The van der Waals surface area contributed by atoms with Gasteiger partial charge >= 0.3 is 0 Å². The predicted molar refractivity (Wildman–Crippen MR) is 228 cm³/mol. The number of hydrogen-bond acceptors (Lipinski definition) is 3. The van der Waals surface area contributed by atoms with E-state index in [0.717, 1.165) is 33.4 Å². The summed E-state index contributed by atoms with van der Waals surface area (Å²) in [7, 11) is 0. The molecule has 6 aromatic carbocycles. The molecule has 0 fully saturated rings. The smallest absolute Gasteiger partial charge is 0.178 e. The van der Waals surface area contributed by atoms with E-state index in [1.807, 2.05) is 218 Å². The Balaban J connectivity index is 0.000000285. The van der Waals surface area contributed by atoms with Crippen molar-refractivity contribution in [1.82, 2.24) is 0 Å². The number of hydrogen-bond donors (Lipinski definition) is 0. The van der Waals surface area contributed by atoms with Gasteiger partial charge in [-0.2, -0.15) is 0 Å². The first-order valence-corrected chi connectivity index (χ1v) is 17.5. The maximum Gasteiger partial charge on any atom is 0.178 e. The number of benzene rings is 6. The predicted octanol–water partition coefficient (Wildman–Crippen LogP) is 11.9. The molecular formula is C51H42O3Pd2. The van der Waals surface area contributed by atoms with E-state index in [2.05, 4.69) is 0 Å². The van der Waals surface area contributed by atoms with Gasteiger partial charge < -0.3 is 0 Å². The molecule has 0 amide bonds. The summed E-state index contributed by atoms with van der Waals surface area (Å²) < 4.78 is 0. The van der Waals surface area contributed by atoms with Crippen LogP contribution >= 0.6 is 0 Å². The maximum absolute atomic E-state index is 11.6. The van der Waals surface area contributed by atoms with Gasteiger partial charge in [0.25, 0.3) is 0 Å². The van der Waals surface area contributed by atoms with Gasteiger partial charge in [-0.1, -0.05) is 218 Å². The van der Waals surface area contributed by atoms with Crippen molar-refractivity contribution in [3.63, 3.8) is 0 Å². The molecule has 0 aliphatic carbocycles. The second-order valence-electron chi connectivity index (χ2n) is 11.7. The summed E-state index contributed by atoms with van der Waals surface area (Å²) in [6, 6.07) is 58.7. The van der Waals surface area contributed by atoms with Crippen molar-refractivity contribution in [3.8, 4) is 0 Å². The maximum atomic E-state index is 11.6. The molecule has 0 saturated heterocycles. The molecule has 0 bridgehead atoms. The molecule has 6 rings (SSSR count). The van der Waals surface area contributed by atoms with Crippen LogP contribution in [0.25, 0.3) is 36.5 Å². The molecule has 0 radical (unpaired) electrons. The van der Waals surface area contributed by atoms with Crippen molar-refractivity contribution in [1.29, 1.82) is 0 Å². The van der Waals surface area contributed by atoms with Gasteiger partial charge in [-0.25, -0.2) is 0 Å². The second-order valence-corrected chi connectivity index (χ2v) is 11.7. The van der Waals surface area contributed by atoms with Gasteiger partial charge in [0.1, 0.15) is 0 Å². The molecule has 0 aliphatic heterocycles. The van der Waals surface area contributed by atoms with Crippen molar-refractivity contribution in [3.05, 3.63) is 252 Å². The third kappa shape index (κ3) is 20.5. The standard InChI is InChI=1S/3C17H14O.2Pd/c3*18-17(13-11-15-7-3-1-4-8-15)14-12-16-9-5-2-6-10-16;;/h3*1-14H;;/b3*13-11-,14-12-;;. The van der Waals surface area contributed by atoms with Gasteiger partial charge in [0.05, 0.1) is 0 Å². The fourth-order valence-corrected chi connectivity index (χ4v) is 4.62. The SMILES string of the molecule is O=C(/C=C\c1ccccc1)/C=C\c1ccccc1.O=C(/C=C\c1ccccc1)/C=C\c1ccccc1.O=C(/C=C\c1ccccc1)/C=C\c1ccccc1.[Pd].[Pd]. The van der Waals surface area contributed by atoms with E-state index in [1.165, 1.54) is 0 Å². The Morgan fingerprint density at radius 3 is 0.482 bits per heavy atom. The number of rotatable bonds is 12. The Kier molecular flexibility index (Phi) is 23.6. The van der Waals surface area contributed by atoms with Crippen LogP contribution in [-0.2, 0) is 55.2 Å². The van der Waals surface area contributed by atoms with E-state index in [4.69, 9.17) is 0 Å². The van der Waals surface area contributed by atoms with Gasteiger partial charge in [-0.3, -0.25) is 14.4 Å². The molecule has 5 heteroatoms. The van der Waals surface area contributed by atoms with Crippen LogP contribution in [-0.4, -0.2) is 17.3 Å². The average Bonchev–Trinajstić information content (AvgIpc) is 3.24. The fourth-order valence-electron chi connectivity index (χ4n) is 4.62. The minimum Gasteiger partial charge on any atom is -0.290 e. The molecule has 0 saturated carbocycles. The Hall–Kier alpha value is -5.91. The van der Waals surface area contributed by atoms with Crippen LogP contribution < -0.4 is 0 Å². The summed E-state index contributed by atoms with van der Waals surface area (Å²) in [5, 5.41) is 0. The van der Waals surface area contributed by atoms with Gasteiger partial charge in [-0.05, 0) is 69.8 Å². The monoisotopic (exact) mass is 914 g/mol. The minimum atomic E-state index is -0.0114. The summed E-state index contributed by atoms with van der Waals surface area (Å²) in [4.78, 5) is 34.8. The first-order valence-electron chi connectivity index (χ1n) is 17.5. The van der Waals surface area contributed by atoms with Crippen LogP contribution in [0, 0.1) is 0 Å². The topological polar surface area (TPSA) is 51.2 Å². The van der Waals surface area contributed by atoms with Gasteiger partial charge in [0.2, 0.25) is 0 Å². The third-order valence-electron chi connectivity index (χ3n) is 7.44. The molecule has 0 unspecified atom stereocenters. The van der Waals surface area contributed by atoms with Crippen LogP contribution in [0.2, 0.25) is 0 Å². The first kappa shape index (κ1) is 46.2. The van der Waals surface area contributed by atoms with Gasteiger partial charge in [-0.15, -0.1) is 0 Å². The molecule has 0 atom stereocenters. The third-order valence-corrected chi connectivity index (χ3v) is 7.44. The van der Waals surface area contributed by atoms with Gasteiger partial charge in [0.15, 0.2) is 17.3 Å². The summed E-state index contributed by atoms with van der Waals surface area (Å²) in [5.41, 5.74) is 6.16. The summed E-state index contributed by atoms with van der Waals surface area (Å²) >= 11 is 0. The second kappa shape index (κ2) is 28.5. The molecule has 0 spiro atoms. The van der Waals surface area contributed by atoms with Gasteiger partial charge in [0, 0.05) is 40.8 Å². The van der Waals surface area contributed by atoms with E-state index < -0.39 is 0 Å². The average molecular weight is 916 g/mol. The molecule has 3 nitrogen and oxygen atoms in total. The van der Waals surface area contributed by atoms with Crippen LogP contribution in [0.3, 0.4) is 0 Å². The number of carbonyl (C=O) groups is 3. The van der Waals surface area contributed by atoms with Crippen LogP contribution in [0.1, 0.15) is 33.4 Å². The Morgan fingerprint density at radius 2 is 0.357 bits per heavy atom. The van der Waals surface area contributed by atoms with Crippen molar-refractivity contribution in [2.75, 3.05) is 0 Å². The molecular weight excluding hydrogens is 873 g/mol. The van der Waals surface area contributed by atoms with Crippen LogP contribution in [0.4, 0.5) is 0 Å². The number of allylic oxidation sites excluding steroid dienone is 6. The van der Waals surface area contributed by atoms with Crippen molar-refractivity contribution in [2.24, 2.45) is 0 Å². The number of ketones is 3. The van der Waals surface area contributed by atoms with Crippen LogP contribution in [0.15, 0.2) is 218 Å². The fraction of sp³-hybridized carbons (Fsp3) is 0. The largest absolute Gasteiger partial charge is 0.290 e. The first-order chi connectivity index (χ1) is 26.5. The number of carbonyl (C=O) groups excluding carboxylic acids is 3. The van der Waals surface area contributed by atoms with E-state index in [-0.39, 0.29) is 58.2 Å². The molecule has 0 aromatic heterocycles. The van der Waals surface area contributed by atoms with Crippen molar-refractivity contribution < 1.29 is 55.2 Å². The molecule has 284 valence electrons. The molecule has 56 heavy (non-hydrogen) atoms. The van der Waals surface area contributed by atoms with E-state index in [9.17, 15) is 14.4 Å². The van der Waals surface area contributed by atoms with Crippen molar-refractivity contribution >= 4 is 53.8 Å². The Bertz CT molecular complexity index is 1760. The molecule has 0 aliphatic rings. The van der Waals surface area contributed by atoms with E-state index in [1.54, 1.807) is 36.5 Å². The zero-order valence-corrected chi connectivity index (χ0v) is 33.7. The zero-order chi connectivity index (χ0) is 37.9. The molecule has 0 N–H and O–H groups in total. The normalized spacial score (nSPS) is 10.7. The summed E-state index contributed by atoms with van der Waals surface area (Å²) in [6.07, 6.45) is 20.4. The Morgan fingerprint density at radius 1 is 0.232 bits per heavy atom. The van der Waals surface area contributed by atoms with E-state index >= 15 is 0 Å². The van der Waals surface area contributed by atoms with E-state index in [0.29, 0.717) is 0 Å². The van der Waals surface area contributed by atoms with Crippen molar-refractivity contribution in [2.45, 2.75) is 0 Å². The minimum absolute atomic E-state index is 0. The summed E-state index contributed by atoms with van der Waals surface area (Å²) in [6.45, 7) is 0.